The summed E-state index contributed by atoms with van der Waals surface area (Å²) in [5, 5.41) is 0. The number of nitrogens with zero attached hydrogens (tertiary/aromatic N) is 1. The van der Waals surface area contributed by atoms with E-state index in [0.29, 0.717) is 6.04 Å². The summed E-state index contributed by atoms with van der Waals surface area (Å²) in [6.45, 7) is 4.01. The fourth-order valence-electron chi connectivity index (χ4n) is 0.400. The van der Waals surface area contributed by atoms with Crippen molar-refractivity contribution in [3.8, 4) is 0 Å². The lowest BCUT2D eigenvalue weighted by Gasteiger charge is -2.03. The van der Waals surface area contributed by atoms with Crippen molar-refractivity contribution in [1.29, 1.82) is 0 Å². The summed E-state index contributed by atoms with van der Waals surface area (Å²) in [4.78, 5) is 0. The molecule has 0 bridgehead atoms. The molecule has 0 amide bonds. The van der Waals surface area contributed by atoms with Gasteiger partial charge in [0.2, 0.25) is 0 Å². The highest BCUT2D eigenvalue weighted by Gasteiger charge is 1.91. The van der Waals surface area contributed by atoms with Crippen molar-refractivity contribution in [3.05, 3.63) is 0 Å². The lowest BCUT2D eigenvalue weighted by molar-refractivity contribution is 0.348. The molecule has 0 spiro atoms. The minimum atomic E-state index is -1.30. The van der Waals surface area contributed by atoms with Crippen molar-refractivity contribution in [1.82, 2.24) is 0 Å². The van der Waals surface area contributed by atoms with Gasteiger partial charge in [0.25, 0.3) is 0 Å². The Hall–Kier alpha value is 0.150. The predicted octanol–water partition coefficient (Wildman–Crippen LogP) is 1.92. The second kappa shape index (κ2) is 4.98. The number of hydrogen-bond acceptors (Lipinski definition) is 3. The monoisotopic (exact) mass is 151 g/mol. The first-order valence-electron chi connectivity index (χ1n) is 2.86. The molecule has 0 aliphatic rings. The van der Waals surface area contributed by atoms with Crippen LogP contribution in [0, 0.1) is 0 Å². The third-order valence-electron chi connectivity index (χ3n) is 0.713. The van der Waals surface area contributed by atoms with Gasteiger partial charge in [-0.05, 0) is 13.8 Å². The molecule has 0 heterocycles. The van der Waals surface area contributed by atoms with E-state index in [-0.39, 0.29) is 0 Å². The fourth-order valence-corrected chi connectivity index (χ4v) is 1.20. The second-order valence-electron chi connectivity index (χ2n) is 1.90. The van der Waals surface area contributed by atoms with E-state index < -0.39 is 8.17 Å². The summed E-state index contributed by atoms with van der Waals surface area (Å²) in [6, 6.07) is 0.304. The Bertz CT molecular complexity index is 97.1. The maximum Gasteiger partial charge on any atom is 0.199 e. The molecule has 0 unspecified atom stereocenters. The van der Waals surface area contributed by atoms with Gasteiger partial charge in [0.05, 0.1) is 0 Å². The van der Waals surface area contributed by atoms with Crippen LogP contribution in [0.4, 0.5) is 0 Å². The lowest BCUT2D eigenvalue weighted by atomic mass is 10.4. The van der Waals surface area contributed by atoms with Gasteiger partial charge >= 0.3 is 0 Å². The lowest BCUT2D eigenvalue weighted by Crippen LogP contribution is -1.85. The van der Waals surface area contributed by atoms with Crippen molar-refractivity contribution in [2.24, 2.45) is 4.74 Å². The second-order valence-corrected chi connectivity index (χ2v) is 3.50. The summed E-state index contributed by atoms with van der Waals surface area (Å²) in [5.74, 6) is 0. The first-order valence-corrected chi connectivity index (χ1v) is 4.12. The topological polar surface area (TPSA) is 30.8 Å². The zero-order valence-corrected chi connectivity index (χ0v) is 7.34. The Morgan fingerprint density at radius 1 is 1.22 bits per heavy atom. The first-order chi connectivity index (χ1) is 4.20. The van der Waals surface area contributed by atoms with Gasteiger partial charge in [-0.25, -0.2) is 0 Å². The van der Waals surface area contributed by atoms with E-state index in [9.17, 15) is 0 Å². The van der Waals surface area contributed by atoms with Crippen LogP contribution in [0.15, 0.2) is 4.74 Å². The molecule has 0 aromatic rings. The molecule has 0 rings (SSSR count). The van der Waals surface area contributed by atoms with Crippen LogP contribution in [0.5, 0.6) is 0 Å². The van der Waals surface area contributed by atoms with Crippen LogP contribution in [0.25, 0.3) is 0 Å². The van der Waals surface area contributed by atoms with Crippen molar-refractivity contribution in [2.75, 3.05) is 14.2 Å². The Labute approximate surface area is 57.0 Å². The molecule has 0 fully saturated rings. The highest BCUT2D eigenvalue weighted by atomic mass is 31.1. The van der Waals surface area contributed by atoms with Crippen LogP contribution in [-0.4, -0.2) is 20.3 Å². The van der Waals surface area contributed by atoms with E-state index in [1.807, 2.05) is 13.8 Å². The third kappa shape index (κ3) is 4.64. The molecule has 0 aliphatic carbocycles. The highest BCUT2D eigenvalue weighted by Crippen LogP contribution is 2.26. The molecule has 0 saturated carbocycles. The number of hydrogen-bond donors (Lipinski definition) is 0. The maximum absolute atomic E-state index is 4.92. The molecule has 0 aromatic heterocycles. The average molecular weight is 151 g/mol. The normalized spacial score (nSPS) is 10.9. The number of rotatable bonds is 3. The summed E-state index contributed by atoms with van der Waals surface area (Å²) < 4.78 is 14.0. The largest absolute Gasteiger partial charge is 0.329 e. The van der Waals surface area contributed by atoms with E-state index in [4.69, 9.17) is 9.05 Å². The van der Waals surface area contributed by atoms with Gasteiger partial charge in [0.15, 0.2) is 8.17 Å². The van der Waals surface area contributed by atoms with Gasteiger partial charge in [-0.3, -0.25) is 4.74 Å². The van der Waals surface area contributed by atoms with Gasteiger partial charge in [-0.1, -0.05) is 0 Å². The van der Waals surface area contributed by atoms with Gasteiger partial charge in [-0.15, -0.1) is 0 Å². The first kappa shape index (κ1) is 9.15. The van der Waals surface area contributed by atoms with Gasteiger partial charge in [0, 0.05) is 20.3 Å². The molecule has 0 N–H and O–H groups in total. The molecular formula is C5H14NO2P. The fraction of sp³-hybridized carbons (Fsp3) is 1.00. The van der Waals surface area contributed by atoms with Crippen molar-refractivity contribution < 1.29 is 9.05 Å². The van der Waals surface area contributed by atoms with Crippen LogP contribution in [0.3, 0.4) is 0 Å². The molecule has 0 radical (unpaired) electrons. The Balaban J connectivity index is 3.75. The minimum absolute atomic E-state index is 0.304. The molecule has 3 nitrogen and oxygen atoms in total. The van der Waals surface area contributed by atoms with Crippen LogP contribution in [0.2, 0.25) is 0 Å². The zero-order chi connectivity index (χ0) is 7.28. The SMILES string of the molecule is CO[PH](=NC(C)C)OC. The highest BCUT2D eigenvalue weighted by molar-refractivity contribution is 7.36. The third-order valence-corrected chi connectivity index (χ3v) is 2.14. The van der Waals surface area contributed by atoms with Crippen LogP contribution < -0.4 is 0 Å². The van der Waals surface area contributed by atoms with Crippen molar-refractivity contribution >= 4 is 8.17 Å². The Morgan fingerprint density at radius 3 is 1.78 bits per heavy atom. The van der Waals surface area contributed by atoms with E-state index >= 15 is 0 Å². The average Bonchev–Trinajstić information content (AvgIpc) is 1.82. The summed E-state index contributed by atoms with van der Waals surface area (Å²) in [5.41, 5.74) is 0. The van der Waals surface area contributed by atoms with E-state index in [2.05, 4.69) is 4.74 Å². The molecule has 0 aliphatic heterocycles. The smallest absolute Gasteiger partial charge is 0.199 e. The van der Waals surface area contributed by atoms with Gasteiger partial charge in [0.1, 0.15) is 0 Å². The molecule has 56 valence electrons. The summed E-state index contributed by atoms with van der Waals surface area (Å²) in [6.07, 6.45) is 0. The van der Waals surface area contributed by atoms with Crippen LogP contribution >= 0.6 is 8.17 Å². The van der Waals surface area contributed by atoms with Gasteiger partial charge in [-0.2, -0.15) is 0 Å². The zero-order valence-electron chi connectivity index (χ0n) is 6.34. The molecular weight excluding hydrogens is 137 g/mol. The molecule has 0 saturated heterocycles. The van der Waals surface area contributed by atoms with Crippen LogP contribution in [-0.2, 0) is 9.05 Å². The maximum atomic E-state index is 4.92. The van der Waals surface area contributed by atoms with E-state index in [1.165, 1.54) is 0 Å². The van der Waals surface area contributed by atoms with Crippen LogP contribution in [0.1, 0.15) is 13.8 Å². The van der Waals surface area contributed by atoms with Crippen molar-refractivity contribution in [3.63, 3.8) is 0 Å². The standard InChI is InChI=1S/C5H14NO2P/c1-5(2)6-9(7-3)8-4/h5,9H,1-4H3. The van der Waals surface area contributed by atoms with E-state index in [1.54, 1.807) is 14.2 Å². The molecule has 0 atom stereocenters. The predicted molar refractivity (Wildman–Crippen MR) is 39.9 cm³/mol. The molecule has 4 heteroatoms. The molecule has 0 aromatic carbocycles. The molecule has 9 heavy (non-hydrogen) atoms. The Kier molecular flexibility index (Phi) is 5.06. The minimum Gasteiger partial charge on any atom is -0.329 e. The van der Waals surface area contributed by atoms with Crippen molar-refractivity contribution in [2.45, 2.75) is 19.9 Å². The summed E-state index contributed by atoms with van der Waals surface area (Å²) in [7, 11) is 1.93. The van der Waals surface area contributed by atoms with Gasteiger partial charge < -0.3 is 9.05 Å². The quantitative estimate of drug-likeness (QED) is 0.577. The summed E-state index contributed by atoms with van der Waals surface area (Å²) >= 11 is 0. The Morgan fingerprint density at radius 2 is 1.67 bits per heavy atom. The van der Waals surface area contributed by atoms with E-state index in [0.717, 1.165) is 0 Å².